The van der Waals surface area contributed by atoms with E-state index in [1.807, 2.05) is 0 Å². The molecule has 3 heterocycles. The summed E-state index contributed by atoms with van der Waals surface area (Å²) in [5.74, 6) is -0.170. The minimum Gasteiger partial charge on any atom is -0.459 e. The number of hydrogen-bond acceptors (Lipinski definition) is 7. The van der Waals surface area contributed by atoms with Gasteiger partial charge in [-0.25, -0.2) is 4.68 Å². The molecule has 0 atom stereocenters. The molecule has 0 aliphatic rings. The molecule has 1 N–H and O–H groups in total. The number of amides is 1. The van der Waals surface area contributed by atoms with Crippen molar-refractivity contribution < 1.29 is 22.4 Å². The van der Waals surface area contributed by atoms with Crippen molar-refractivity contribution >= 4 is 22.6 Å². The van der Waals surface area contributed by atoms with E-state index in [2.05, 4.69) is 25.0 Å². The fourth-order valence-corrected chi connectivity index (χ4v) is 3.10. The van der Waals surface area contributed by atoms with Crippen LogP contribution in [-0.2, 0) is 6.18 Å². The van der Waals surface area contributed by atoms with Gasteiger partial charge in [0.2, 0.25) is 5.13 Å². The van der Waals surface area contributed by atoms with E-state index in [0.29, 0.717) is 5.69 Å². The summed E-state index contributed by atoms with van der Waals surface area (Å²) < 4.78 is 49.3. The highest BCUT2D eigenvalue weighted by atomic mass is 32.1. The number of halogens is 3. The molecule has 0 bridgehead atoms. The van der Waals surface area contributed by atoms with Gasteiger partial charge >= 0.3 is 6.18 Å². The van der Waals surface area contributed by atoms with Gasteiger partial charge in [0.05, 0.1) is 23.2 Å². The molecule has 0 saturated carbocycles. The summed E-state index contributed by atoms with van der Waals surface area (Å²) >= 11 is 0.929. The maximum absolute atomic E-state index is 13.0. The van der Waals surface area contributed by atoms with Crippen LogP contribution in [0.4, 0.5) is 18.3 Å². The zero-order valence-corrected chi connectivity index (χ0v) is 15.5. The van der Waals surface area contributed by atoms with Gasteiger partial charge in [0.25, 0.3) is 5.91 Å². The number of nitrogens with one attached hydrogen (secondary N) is 1. The Hall–Kier alpha value is -3.54. The standard InChI is InChI=1S/C17H11F3N6O2S/c1-9-13(14-21-16(29-24-14)22-15(27)12-6-3-7-28-12)23-25-26(9)11-5-2-4-10(8-11)17(18,19)20/h2-8H,1H3,(H,21,22,24,27). The largest absolute Gasteiger partial charge is 0.459 e. The van der Waals surface area contributed by atoms with E-state index < -0.39 is 17.6 Å². The van der Waals surface area contributed by atoms with Gasteiger partial charge in [0.1, 0.15) is 0 Å². The topological polar surface area (TPSA) is 98.7 Å². The van der Waals surface area contributed by atoms with Crippen LogP contribution in [0.25, 0.3) is 17.2 Å². The Labute approximate surface area is 165 Å². The summed E-state index contributed by atoms with van der Waals surface area (Å²) in [6.45, 7) is 1.64. The monoisotopic (exact) mass is 420 g/mol. The first-order valence-electron chi connectivity index (χ1n) is 8.12. The van der Waals surface area contributed by atoms with Gasteiger partial charge in [0, 0.05) is 11.5 Å². The van der Waals surface area contributed by atoms with Gasteiger partial charge in [0.15, 0.2) is 17.3 Å². The second-order valence-electron chi connectivity index (χ2n) is 5.84. The number of benzene rings is 1. The summed E-state index contributed by atoms with van der Waals surface area (Å²) in [5, 5.41) is 10.7. The number of hydrogen-bond donors (Lipinski definition) is 1. The van der Waals surface area contributed by atoms with Crippen molar-refractivity contribution in [2.45, 2.75) is 13.1 Å². The zero-order chi connectivity index (χ0) is 20.6. The third-order valence-corrected chi connectivity index (χ3v) is 4.55. The predicted molar refractivity (Wildman–Crippen MR) is 96.7 cm³/mol. The van der Waals surface area contributed by atoms with Crippen molar-refractivity contribution in [3.05, 3.63) is 59.7 Å². The molecule has 0 fully saturated rings. The van der Waals surface area contributed by atoms with Crippen molar-refractivity contribution in [2.24, 2.45) is 0 Å². The van der Waals surface area contributed by atoms with E-state index in [0.717, 1.165) is 23.7 Å². The zero-order valence-electron chi connectivity index (χ0n) is 14.6. The lowest BCUT2D eigenvalue weighted by molar-refractivity contribution is -0.137. The number of carbonyl (C=O) groups excluding carboxylic acids is 1. The molecular formula is C17H11F3N6O2S. The average Bonchev–Trinajstić information content (AvgIpc) is 3.42. The molecule has 1 aromatic carbocycles. The highest BCUT2D eigenvalue weighted by molar-refractivity contribution is 7.10. The first kappa shape index (κ1) is 18.8. The minimum atomic E-state index is -4.47. The summed E-state index contributed by atoms with van der Waals surface area (Å²) in [6.07, 6.45) is -3.10. The highest BCUT2D eigenvalue weighted by Gasteiger charge is 2.31. The quantitative estimate of drug-likeness (QED) is 0.537. The Kier molecular flexibility index (Phi) is 4.62. The molecule has 0 aliphatic heterocycles. The first-order valence-corrected chi connectivity index (χ1v) is 8.89. The number of carbonyl (C=O) groups is 1. The van der Waals surface area contributed by atoms with Crippen LogP contribution in [0.2, 0.25) is 0 Å². The summed E-state index contributed by atoms with van der Waals surface area (Å²) in [7, 11) is 0. The van der Waals surface area contributed by atoms with Crippen LogP contribution in [0.5, 0.6) is 0 Å². The van der Waals surface area contributed by atoms with Crippen LogP contribution < -0.4 is 5.32 Å². The molecule has 0 radical (unpaired) electrons. The third-order valence-electron chi connectivity index (χ3n) is 3.92. The summed E-state index contributed by atoms with van der Waals surface area (Å²) in [4.78, 5) is 16.2. The Morgan fingerprint density at radius 3 is 2.79 bits per heavy atom. The van der Waals surface area contributed by atoms with Crippen LogP contribution in [0, 0.1) is 6.92 Å². The van der Waals surface area contributed by atoms with Crippen molar-refractivity contribution in [1.29, 1.82) is 0 Å². The van der Waals surface area contributed by atoms with Crippen molar-refractivity contribution in [3.63, 3.8) is 0 Å². The fraction of sp³-hybridized carbons (Fsp3) is 0.118. The molecule has 148 valence electrons. The molecule has 4 rings (SSSR count). The maximum atomic E-state index is 13.0. The van der Waals surface area contributed by atoms with Gasteiger partial charge in [-0.1, -0.05) is 11.3 Å². The van der Waals surface area contributed by atoms with Gasteiger partial charge in [-0.2, -0.15) is 22.5 Å². The second-order valence-corrected chi connectivity index (χ2v) is 6.59. The fourth-order valence-electron chi connectivity index (χ4n) is 2.53. The van der Waals surface area contributed by atoms with Crippen LogP contribution >= 0.6 is 11.5 Å². The molecule has 8 nitrogen and oxygen atoms in total. The lowest BCUT2D eigenvalue weighted by Crippen LogP contribution is -2.10. The van der Waals surface area contributed by atoms with Crippen LogP contribution in [0.15, 0.2) is 47.1 Å². The van der Waals surface area contributed by atoms with Crippen LogP contribution in [0.1, 0.15) is 21.8 Å². The number of rotatable bonds is 4. The van der Waals surface area contributed by atoms with E-state index in [9.17, 15) is 18.0 Å². The molecule has 12 heteroatoms. The van der Waals surface area contributed by atoms with E-state index in [1.165, 1.54) is 29.1 Å². The number of alkyl halides is 3. The molecule has 0 unspecified atom stereocenters. The highest BCUT2D eigenvalue weighted by Crippen LogP contribution is 2.31. The van der Waals surface area contributed by atoms with E-state index in [-0.39, 0.29) is 28.1 Å². The average molecular weight is 420 g/mol. The first-order chi connectivity index (χ1) is 13.8. The molecule has 0 spiro atoms. The summed E-state index contributed by atoms with van der Waals surface area (Å²) in [6, 6.07) is 7.83. The molecule has 29 heavy (non-hydrogen) atoms. The SMILES string of the molecule is Cc1c(-c2nsc(NC(=O)c3ccco3)n2)nnn1-c1cccc(C(F)(F)F)c1. The Morgan fingerprint density at radius 1 is 1.24 bits per heavy atom. The predicted octanol–water partition coefficient (Wildman–Crippen LogP) is 3.96. The van der Waals surface area contributed by atoms with Crippen LogP contribution in [0.3, 0.4) is 0 Å². The molecule has 0 aliphatic carbocycles. The van der Waals surface area contributed by atoms with Crippen LogP contribution in [-0.4, -0.2) is 30.3 Å². The lowest BCUT2D eigenvalue weighted by atomic mass is 10.2. The van der Waals surface area contributed by atoms with Gasteiger partial charge in [-0.15, -0.1) is 5.10 Å². The maximum Gasteiger partial charge on any atom is 0.416 e. The van der Waals surface area contributed by atoms with E-state index in [1.54, 1.807) is 13.0 Å². The normalized spacial score (nSPS) is 11.6. The molecule has 0 saturated heterocycles. The number of anilines is 1. The van der Waals surface area contributed by atoms with E-state index >= 15 is 0 Å². The molecule has 4 aromatic rings. The smallest absolute Gasteiger partial charge is 0.416 e. The molecular weight excluding hydrogens is 409 g/mol. The lowest BCUT2D eigenvalue weighted by Gasteiger charge is -2.09. The number of aromatic nitrogens is 5. The van der Waals surface area contributed by atoms with Crippen molar-refractivity contribution in [1.82, 2.24) is 24.4 Å². The van der Waals surface area contributed by atoms with Crippen molar-refractivity contribution in [3.8, 4) is 17.2 Å². The minimum absolute atomic E-state index is 0.119. The van der Waals surface area contributed by atoms with Gasteiger partial charge in [-0.3, -0.25) is 10.1 Å². The van der Waals surface area contributed by atoms with Crippen molar-refractivity contribution in [2.75, 3.05) is 5.32 Å². The van der Waals surface area contributed by atoms with E-state index in [4.69, 9.17) is 4.42 Å². The Balaban J connectivity index is 1.60. The second kappa shape index (κ2) is 7.13. The van der Waals surface area contributed by atoms with Gasteiger partial charge in [-0.05, 0) is 37.3 Å². The molecule has 3 aromatic heterocycles. The summed E-state index contributed by atoms with van der Waals surface area (Å²) in [5.41, 5.74) is 0.155. The number of furan rings is 1. The molecule has 1 amide bonds. The Bertz CT molecular complexity index is 1170. The number of nitrogens with zero attached hydrogens (tertiary/aromatic N) is 5. The van der Waals surface area contributed by atoms with Gasteiger partial charge < -0.3 is 4.42 Å². The Morgan fingerprint density at radius 2 is 2.07 bits per heavy atom. The third kappa shape index (κ3) is 3.74.